The molecular formula is C21H25KN4O5S2. The van der Waals surface area contributed by atoms with Gasteiger partial charge in [0.1, 0.15) is 12.1 Å². The Balaban J connectivity index is 0.00000306. The van der Waals surface area contributed by atoms with E-state index < -0.39 is 20.1 Å². The van der Waals surface area contributed by atoms with E-state index >= 15 is 0 Å². The van der Waals surface area contributed by atoms with Crippen molar-refractivity contribution in [2.75, 3.05) is 17.7 Å². The maximum Gasteiger partial charge on any atom is 1.00 e. The van der Waals surface area contributed by atoms with Crippen molar-refractivity contribution in [3.05, 3.63) is 54.5 Å². The summed E-state index contributed by atoms with van der Waals surface area (Å²) in [6.45, 7) is 0. The number of benzene rings is 1. The summed E-state index contributed by atoms with van der Waals surface area (Å²) in [6.07, 6.45) is 5.63. The van der Waals surface area contributed by atoms with Crippen LogP contribution in [0.1, 0.15) is 31.2 Å². The maximum absolute atomic E-state index is 13.0. The predicted octanol–water partition coefficient (Wildman–Crippen LogP) is -0.646. The van der Waals surface area contributed by atoms with Gasteiger partial charge >= 0.3 is 51.4 Å². The van der Waals surface area contributed by atoms with Gasteiger partial charge in [0.15, 0.2) is 5.65 Å². The fraction of sp³-hybridized carbons (Fsp3) is 0.429. The van der Waals surface area contributed by atoms with E-state index in [2.05, 4.69) is 9.97 Å². The average molecular weight is 517 g/mol. The third-order valence-corrected chi connectivity index (χ3v) is 8.53. The second-order valence-corrected chi connectivity index (χ2v) is 11.6. The molecule has 2 heterocycles. The zero-order valence-electron chi connectivity index (χ0n) is 18.7. The molecule has 0 bridgehead atoms. The molecule has 0 unspecified atom stereocenters. The van der Waals surface area contributed by atoms with E-state index in [-0.39, 0.29) is 74.8 Å². The fourth-order valence-electron chi connectivity index (χ4n) is 4.44. The Morgan fingerprint density at radius 3 is 2.33 bits per heavy atom. The van der Waals surface area contributed by atoms with E-state index in [4.69, 9.17) is 0 Å². The van der Waals surface area contributed by atoms with Crippen LogP contribution in [0.4, 0.5) is 5.82 Å². The van der Waals surface area contributed by atoms with Gasteiger partial charge in [0.2, 0.25) is 10.0 Å². The first-order valence-electron chi connectivity index (χ1n) is 10.4. The summed E-state index contributed by atoms with van der Waals surface area (Å²) in [5.74, 6) is 0.0586. The standard InChI is InChI=1S/C21H26N4O5S2.K/c1-24(18-9-7-17(8-10-18)14-32(28,29)30)20-19-11-12-25(21(19)23-15-22-20)31(26,27)13-16-5-3-2-4-6-16;/h2-6,11-12,15,17-18H,7-10,13-14H2,1H3,(H,28,29,30);/q;+1/p-1. The molecule has 1 aliphatic carbocycles. The van der Waals surface area contributed by atoms with Crippen molar-refractivity contribution >= 4 is 37.0 Å². The molecule has 172 valence electrons. The molecule has 0 radical (unpaired) electrons. The smallest absolute Gasteiger partial charge is 0.748 e. The summed E-state index contributed by atoms with van der Waals surface area (Å²) < 4.78 is 60.4. The largest absolute Gasteiger partial charge is 1.00 e. The van der Waals surface area contributed by atoms with Gasteiger partial charge in [-0.25, -0.2) is 30.8 Å². The molecule has 1 aromatic carbocycles. The molecule has 2 aromatic heterocycles. The van der Waals surface area contributed by atoms with E-state index in [9.17, 15) is 21.4 Å². The van der Waals surface area contributed by atoms with Crippen molar-refractivity contribution in [1.29, 1.82) is 0 Å². The first-order chi connectivity index (χ1) is 15.1. The Morgan fingerprint density at radius 2 is 1.70 bits per heavy atom. The molecule has 3 aromatic rings. The molecule has 1 saturated carbocycles. The zero-order chi connectivity index (χ0) is 22.9. The van der Waals surface area contributed by atoms with Crippen LogP contribution in [0.25, 0.3) is 11.0 Å². The topological polar surface area (TPSA) is 125 Å². The Kier molecular flexibility index (Phi) is 8.76. The first-order valence-corrected chi connectivity index (χ1v) is 13.6. The molecule has 0 saturated heterocycles. The van der Waals surface area contributed by atoms with Crippen molar-refractivity contribution < 1.29 is 72.8 Å². The summed E-state index contributed by atoms with van der Waals surface area (Å²) >= 11 is 0. The SMILES string of the molecule is CN(c1ncnc2c1ccn2S(=O)(=O)Cc1ccccc1)C1CCC(CS(=O)(=O)[O-])CC1.[K+]. The van der Waals surface area contributed by atoms with E-state index in [1.807, 2.05) is 18.0 Å². The molecule has 0 N–H and O–H groups in total. The van der Waals surface area contributed by atoms with Crippen LogP contribution >= 0.6 is 0 Å². The molecule has 0 atom stereocenters. The average Bonchev–Trinajstić information content (AvgIpc) is 3.18. The predicted molar refractivity (Wildman–Crippen MR) is 121 cm³/mol. The van der Waals surface area contributed by atoms with Crippen molar-refractivity contribution in [2.24, 2.45) is 5.92 Å². The third kappa shape index (κ3) is 6.43. The van der Waals surface area contributed by atoms with Gasteiger partial charge in [-0.3, -0.25) is 0 Å². The maximum atomic E-state index is 13.0. The zero-order valence-corrected chi connectivity index (χ0v) is 23.4. The van der Waals surface area contributed by atoms with Gasteiger partial charge in [-0.15, -0.1) is 0 Å². The van der Waals surface area contributed by atoms with Gasteiger partial charge in [0.05, 0.1) is 21.3 Å². The van der Waals surface area contributed by atoms with Crippen LogP contribution in [-0.4, -0.2) is 54.2 Å². The summed E-state index contributed by atoms with van der Waals surface area (Å²) in [4.78, 5) is 10.6. The normalized spacial score (nSPS) is 19.2. The van der Waals surface area contributed by atoms with Crippen molar-refractivity contribution in [3.8, 4) is 0 Å². The fourth-order valence-corrected chi connectivity index (χ4v) is 6.75. The Bertz CT molecular complexity index is 1300. The third-order valence-electron chi connectivity index (χ3n) is 6.06. The number of fused-ring (bicyclic) bond motifs is 1. The Labute approximate surface area is 236 Å². The number of anilines is 1. The summed E-state index contributed by atoms with van der Waals surface area (Å²) in [5, 5.41) is 0.635. The van der Waals surface area contributed by atoms with Crippen LogP contribution in [0.2, 0.25) is 0 Å². The summed E-state index contributed by atoms with van der Waals surface area (Å²) in [5.41, 5.74) is 1.02. The number of nitrogens with zero attached hydrogens (tertiary/aromatic N) is 4. The van der Waals surface area contributed by atoms with Crippen molar-refractivity contribution in [1.82, 2.24) is 13.9 Å². The first kappa shape index (κ1) is 26.7. The van der Waals surface area contributed by atoms with Gasteiger partial charge in [-0.2, -0.15) is 0 Å². The van der Waals surface area contributed by atoms with Crippen LogP contribution < -0.4 is 56.3 Å². The summed E-state index contributed by atoms with van der Waals surface area (Å²) in [7, 11) is -5.99. The quantitative estimate of drug-likeness (QED) is 0.300. The number of hydrogen-bond donors (Lipinski definition) is 0. The van der Waals surface area contributed by atoms with Crippen LogP contribution in [0.5, 0.6) is 0 Å². The van der Waals surface area contributed by atoms with Gasteiger partial charge in [-0.05, 0) is 43.2 Å². The number of aromatic nitrogens is 3. The molecule has 0 amide bonds. The molecule has 0 spiro atoms. The molecule has 9 nitrogen and oxygen atoms in total. The minimum absolute atomic E-state index is 0. The molecular weight excluding hydrogens is 491 g/mol. The van der Waals surface area contributed by atoms with E-state index in [1.165, 1.54) is 16.5 Å². The van der Waals surface area contributed by atoms with Gasteiger partial charge in [-0.1, -0.05) is 30.3 Å². The Hall–Kier alpha value is -0.864. The van der Waals surface area contributed by atoms with Crippen molar-refractivity contribution in [3.63, 3.8) is 0 Å². The second kappa shape index (κ2) is 10.8. The minimum atomic E-state index is -4.22. The van der Waals surface area contributed by atoms with Gasteiger partial charge in [0.25, 0.3) is 0 Å². The van der Waals surface area contributed by atoms with E-state index in [0.717, 1.165) is 12.8 Å². The monoisotopic (exact) mass is 516 g/mol. The van der Waals surface area contributed by atoms with Crippen LogP contribution in [0, 0.1) is 5.92 Å². The Morgan fingerprint density at radius 1 is 1.03 bits per heavy atom. The molecule has 1 fully saturated rings. The summed E-state index contributed by atoms with van der Waals surface area (Å²) in [6, 6.07) is 10.8. The van der Waals surface area contributed by atoms with Gasteiger partial charge in [0, 0.05) is 25.0 Å². The molecule has 33 heavy (non-hydrogen) atoms. The molecule has 12 heteroatoms. The number of hydrogen-bond acceptors (Lipinski definition) is 8. The molecule has 0 aliphatic heterocycles. The van der Waals surface area contributed by atoms with Gasteiger partial charge < -0.3 is 9.45 Å². The van der Waals surface area contributed by atoms with Crippen molar-refractivity contribution in [2.45, 2.75) is 37.5 Å². The van der Waals surface area contributed by atoms with Crippen LogP contribution in [0.3, 0.4) is 0 Å². The van der Waals surface area contributed by atoms with Crippen LogP contribution in [0.15, 0.2) is 48.9 Å². The number of rotatable bonds is 7. The van der Waals surface area contributed by atoms with E-state index in [1.54, 1.807) is 30.3 Å². The van der Waals surface area contributed by atoms with Crippen LogP contribution in [-0.2, 0) is 25.9 Å². The minimum Gasteiger partial charge on any atom is -0.748 e. The molecule has 1 aliphatic rings. The second-order valence-electron chi connectivity index (χ2n) is 8.30. The molecule has 4 rings (SSSR count). The van der Waals surface area contributed by atoms with E-state index in [0.29, 0.717) is 35.3 Å².